The van der Waals surface area contributed by atoms with E-state index in [1.54, 1.807) is 30.6 Å². The van der Waals surface area contributed by atoms with Gasteiger partial charge in [0.2, 0.25) is 11.8 Å². The van der Waals surface area contributed by atoms with Crippen molar-refractivity contribution in [2.24, 2.45) is 0 Å². The third kappa shape index (κ3) is 6.14. The fourth-order valence-electron chi connectivity index (χ4n) is 2.90. The van der Waals surface area contributed by atoms with E-state index in [2.05, 4.69) is 30.4 Å². The Morgan fingerprint density at radius 1 is 1.11 bits per heavy atom. The van der Waals surface area contributed by atoms with E-state index in [9.17, 15) is 9.59 Å². The molecule has 1 atom stereocenters. The number of hydrogen-bond acceptors (Lipinski definition) is 3. The predicted octanol–water partition coefficient (Wildman–Crippen LogP) is 3.70. The molecule has 0 saturated carbocycles. The van der Waals surface area contributed by atoms with E-state index >= 15 is 0 Å². The Bertz CT molecular complexity index is 791. The lowest BCUT2D eigenvalue weighted by Gasteiger charge is -2.28. The lowest BCUT2D eigenvalue weighted by Crippen LogP contribution is -2.47. The molecule has 0 unspecified atom stereocenters. The SMILES string of the molecule is CNC(=O)[C@H](C)N(Cc1cccc(C)c1)C(=O)CSCc1ccccc1C. The van der Waals surface area contributed by atoms with Crippen molar-refractivity contribution in [3.63, 3.8) is 0 Å². The van der Waals surface area contributed by atoms with Crippen LogP contribution in [-0.2, 0) is 21.9 Å². The topological polar surface area (TPSA) is 49.4 Å². The van der Waals surface area contributed by atoms with E-state index in [0.29, 0.717) is 12.3 Å². The Balaban J connectivity index is 2.06. The van der Waals surface area contributed by atoms with Crippen LogP contribution in [0.2, 0.25) is 0 Å². The number of benzene rings is 2. The summed E-state index contributed by atoms with van der Waals surface area (Å²) in [6.07, 6.45) is 0. The lowest BCUT2D eigenvalue weighted by atomic mass is 10.1. The van der Waals surface area contributed by atoms with Crippen molar-refractivity contribution in [2.75, 3.05) is 12.8 Å². The molecule has 2 amide bonds. The maximum absolute atomic E-state index is 12.9. The van der Waals surface area contributed by atoms with Crippen LogP contribution in [0.3, 0.4) is 0 Å². The van der Waals surface area contributed by atoms with Gasteiger partial charge in [0.25, 0.3) is 0 Å². The van der Waals surface area contributed by atoms with Crippen molar-refractivity contribution >= 4 is 23.6 Å². The molecule has 0 bridgehead atoms. The third-order valence-electron chi connectivity index (χ3n) is 4.59. The highest BCUT2D eigenvalue weighted by atomic mass is 32.2. The standard InChI is InChI=1S/C22H28N2O2S/c1-16-8-7-10-19(12-16)13-24(18(3)22(26)23-4)21(25)15-27-14-20-11-6-5-9-17(20)2/h5-12,18H,13-15H2,1-4H3,(H,23,26)/t18-/m0/s1. The molecule has 144 valence electrons. The summed E-state index contributed by atoms with van der Waals surface area (Å²) in [5, 5.41) is 2.65. The van der Waals surface area contributed by atoms with E-state index in [4.69, 9.17) is 0 Å². The number of likely N-dealkylation sites (N-methyl/N-ethyl adjacent to an activating group) is 1. The average molecular weight is 385 g/mol. The summed E-state index contributed by atoms with van der Waals surface area (Å²) in [5.41, 5.74) is 4.64. The van der Waals surface area contributed by atoms with Gasteiger partial charge >= 0.3 is 0 Å². The summed E-state index contributed by atoms with van der Waals surface area (Å²) in [6.45, 7) is 6.31. The van der Waals surface area contributed by atoms with Crippen molar-refractivity contribution in [1.29, 1.82) is 0 Å². The van der Waals surface area contributed by atoms with Crippen LogP contribution < -0.4 is 5.32 Å². The fourth-order valence-corrected chi connectivity index (χ4v) is 3.89. The van der Waals surface area contributed by atoms with Crippen LogP contribution in [-0.4, -0.2) is 35.6 Å². The summed E-state index contributed by atoms with van der Waals surface area (Å²) in [4.78, 5) is 26.7. The van der Waals surface area contributed by atoms with Gasteiger partial charge in [-0.15, -0.1) is 11.8 Å². The largest absolute Gasteiger partial charge is 0.357 e. The van der Waals surface area contributed by atoms with Gasteiger partial charge in [-0.25, -0.2) is 0 Å². The van der Waals surface area contributed by atoms with Gasteiger partial charge in [0.1, 0.15) is 6.04 Å². The normalized spacial score (nSPS) is 11.7. The van der Waals surface area contributed by atoms with E-state index in [1.807, 2.05) is 37.3 Å². The van der Waals surface area contributed by atoms with Crippen LogP contribution in [0.4, 0.5) is 0 Å². The Kier molecular flexibility index (Phi) is 7.92. The monoisotopic (exact) mass is 384 g/mol. The van der Waals surface area contributed by atoms with Gasteiger partial charge in [0, 0.05) is 19.3 Å². The number of aryl methyl sites for hydroxylation is 2. The molecule has 0 heterocycles. The van der Waals surface area contributed by atoms with Gasteiger partial charge in [0.15, 0.2) is 0 Å². The summed E-state index contributed by atoms with van der Waals surface area (Å²) < 4.78 is 0. The van der Waals surface area contributed by atoms with Crippen molar-refractivity contribution < 1.29 is 9.59 Å². The third-order valence-corrected chi connectivity index (χ3v) is 5.56. The van der Waals surface area contributed by atoms with Crippen molar-refractivity contribution in [3.05, 3.63) is 70.8 Å². The maximum atomic E-state index is 12.9. The molecule has 27 heavy (non-hydrogen) atoms. The molecule has 0 aliphatic carbocycles. The highest BCUT2D eigenvalue weighted by molar-refractivity contribution is 7.99. The fraction of sp³-hybridized carbons (Fsp3) is 0.364. The Hall–Kier alpha value is -2.27. The number of carbonyl (C=O) groups is 2. The molecule has 0 saturated heterocycles. The van der Waals surface area contributed by atoms with E-state index in [1.165, 1.54) is 11.1 Å². The van der Waals surface area contributed by atoms with Gasteiger partial charge in [-0.05, 0) is 37.5 Å². The van der Waals surface area contributed by atoms with Gasteiger partial charge in [0.05, 0.1) is 5.75 Å². The molecule has 1 N–H and O–H groups in total. The molecule has 2 aromatic rings. The number of rotatable bonds is 8. The van der Waals surface area contributed by atoms with Crippen LogP contribution in [0, 0.1) is 13.8 Å². The summed E-state index contributed by atoms with van der Waals surface area (Å²) in [7, 11) is 1.60. The van der Waals surface area contributed by atoms with Crippen LogP contribution in [0.15, 0.2) is 48.5 Å². The lowest BCUT2D eigenvalue weighted by molar-refractivity contribution is -0.138. The highest BCUT2D eigenvalue weighted by Crippen LogP contribution is 2.18. The Morgan fingerprint density at radius 3 is 2.52 bits per heavy atom. The molecule has 2 aromatic carbocycles. The molecule has 0 aliphatic rings. The molecule has 0 spiro atoms. The zero-order valence-corrected chi connectivity index (χ0v) is 17.3. The van der Waals surface area contributed by atoms with Gasteiger partial charge in [-0.2, -0.15) is 0 Å². The van der Waals surface area contributed by atoms with E-state index in [0.717, 1.165) is 16.9 Å². The van der Waals surface area contributed by atoms with Crippen LogP contribution in [0.1, 0.15) is 29.2 Å². The quantitative estimate of drug-likeness (QED) is 0.755. The first-order valence-electron chi connectivity index (χ1n) is 9.11. The Labute approximate surface area is 166 Å². The number of thioether (sulfide) groups is 1. The number of nitrogens with zero attached hydrogens (tertiary/aromatic N) is 1. The maximum Gasteiger partial charge on any atom is 0.242 e. The summed E-state index contributed by atoms with van der Waals surface area (Å²) in [6, 6.07) is 15.7. The van der Waals surface area contributed by atoms with Crippen molar-refractivity contribution in [1.82, 2.24) is 10.2 Å². The van der Waals surface area contributed by atoms with Crippen molar-refractivity contribution in [2.45, 2.75) is 39.1 Å². The average Bonchev–Trinajstić information content (AvgIpc) is 2.66. The highest BCUT2D eigenvalue weighted by Gasteiger charge is 2.25. The second kappa shape index (κ2) is 10.2. The van der Waals surface area contributed by atoms with E-state index in [-0.39, 0.29) is 11.8 Å². The van der Waals surface area contributed by atoms with Crippen LogP contribution >= 0.6 is 11.8 Å². The zero-order valence-electron chi connectivity index (χ0n) is 16.5. The molecule has 4 nitrogen and oxygen atoms in total. The first kappa shape index (κ1) is 21.0. The smallest absolute Gasteiger partial charge is 0.242 e. The number of amides is 2. The minimum Gasteiger partial charge on any atom is -0.357 e. The molecular formula is C22H28N2O2S. The minimum atomic E-state index is -0.512. The molecule has 0 radical (unpaired) electrons. The molecule has 0 aromatic heterocycles. The van der Waals surface area contributed by atoms with E-state index < -0.39 is 6.04 Å². The predicted molar refractivity (Wildman–Crippen MR) is 113 cm³/mol. The molecular weight excluding hydrogens is 356 g/mol. The number of nitrogens with one attached hydrogen (secondary N) is 1. The van der Waals surface area contributed by atoms with Gasteiger partial charge in [-0.1, -0.05) is 54.1 Å². The second-order valence-corrected chi connectivity index (χ2v) is 7.71. The number of hydrogen-bond donors (Lipinski definition) is 1. The molecule has 0 fully saturated rings. The summed E-state index contributed by atoms with van der Waals surface area (Å²) in [5.74, 6) is 0.957. The second-order valence-electron chi connectivity index (χ2n) is 6.72. The number of carbonyl (C=O) groups excluding carboxylic acids is 2. The summed E-state index contributed by atoms with van der Waals surface area (Å²) >= 11 is 1.58. The minimum absolute atomic E-state index is 0.0220. The Morgan fingerprint density at radius 2 is 1.85 bits per heavy atom. The first-order valence-corrected chi connectivity index (χ1v) is 10.3. The zero-order chi connectivity index (χ0) is 19.8. The van der Waals surface area contributed by atoms with Crippen molar-refractivity contribution in [3.8, 4) is 0 Å². The van der Waals surface area contributed by atoms with Gasteiger partial charge < -0.3 is 10.2 Å². The molecule has 5 heteroatoms. The first-order chi connectivity index (χ1) is 12.9. The van der Waals surface area contributed by atoms with Crippen LogP contribution in [0.25, 0.3) is 0 Å². The molecule has 2 rings (SSSR count). The van der Waals surface area contributed by atoms with Gasteiger partial charge in [-0.3, -0.25) is 9.59 Å². The van der Waals surface area contributed by atoms with Crippen LogP contribution in [0.5, 0.6) is 0 Å². The molecule has 0 aliphatic heterocycles.